The van der Waals surface area contributed by atoms with E-state index in [2.05, 4.69) is 44.8 Å². The second-order valence-electron chi connectivity index (χ2n) is 3.88. The fourth-order valence-corrected chi connectivity index (χ4v) is 2.19. The van der Waals surface area contributed by atoms with E-state index in [-0.39, 0.29) is 0 Å². The molecule has 2 atom stereocenters. The molecule has 0 spiro atoms. The number of hydrogen-bond donors (Lipinski definition) is 1. The first kappa shape index (κ1) is 10.1. The zero-order valence-corrected chi connectivity index (χ0v) is 10.4. The van der Waals surface area contributed by atoms with Crippen molar-refractivity contribution in [3.05, 3.63) is 16.0 Å². The zero-order chi connectivity index (χ0) is 9.97. The van der Waals surface area contributed by atoms with Crippen molar-refractivity contribution < 1.29 is 0 Å². The molecule has 0 bridgehead atoms. The molecule has 14 heavy (non-hydrogen) atoms. The Kier molecular flexibility index (Phi) is 3.20. The number of rotatable bonds is 2. The molecule has 0 saturated heterocycles. The van der Waals surface area contributed by atoms with E-state index in [1.807, 2.05) is 12.4 Å². The van der Waals surface area contributed by atoms with Crippen LogP contribution in [0.3, 0.4) is 0 Å². The van der Waals surface area contributed by atoms with Crippen LogP contribution in [0.25, 0.3) is 0 Å². The Labute approximate surface area is 97.9 Å². The summed E-state index contributed by atoms with van der Waals surface area (Å²) >= 11 is 2.21. The van der Waals surface area contributed by atoms with E-state index in [1.165, 1.54) is 19.3 Å². The van der Waals surface area contributed by atoms with Crippen molar-refractivity contribution in [3.8, 4) is 0 Å². The van der Waals surface area contributed by atoms with Crippen molar-refractivity contribution in [2.24, 2.45) is 5.92 Å². The lowest BCUT2D eigenvalue weighted by Gasteiger charge is -2.16. The van der Waals surface area contributed by atoms with Gasteiger partial charge < -0.3 is 5.32 Å². The molecule has 0 amide bonds. The third-order valence-electron chi connectivity index (χ3n) is 2.80. The second kappa shape index (κ2) is 4.42. The molecule has 0 aliphatic heterocycles. The van der Waals surface area contributed by atoms with Crippen molar-refractivity contribution in [2.45, 2.75) is 32.2 Å². The third-order valence-corrected chi connectivity index (χ3v) is 3.35. The van der Waals surface area contributed by atoms with Gasteiger partial charge in [0.05, 0.1) is 0 Å². The number of nitrogens with zero attached hydrogens (tertiary/aromatic N) is 2. The highest BCUT2D eigenvalue weighted by atomic mass is 127. The van der Waals surface area contributed by atoms with Crippen LogP contribution in [0.1, 0.15) is 26.2 Å². The van der Waals surface area contributed by atoms with Crippen LogP contribution in [0.15, 0.2) is 12.4 Å². The maximum Gasteiger partial charge on any atom is 0.222 e. The van der Waals surface area contributed by atoms with Crippen molar-refractivity contribution in [2.75, 3.05) is 5.32 Å². The highest BCUT2D eigenvalue weighted by Gasteiger charge is 2.23. The third kappa shape index (κ3) is 2.34. The predicted octanol–water partition coefficient (Wildman–Crippen LogP) is 2.68. The minimum atomic E-state index is 0.565. The van der Waals surface area contributed by atoms with E-state index < -0.39 is 0 Å². The summed E-state index contributed by atoms with van der Waals surface area (Å²) in [4.78, 5) is 8.49. The van der Waals surface area contributed by atoms with E-state index in [0.29, 0.717) is 6.04 Å². The van der Waals surface area contributed by atoms with Gasteiger partial charge in [-0.1, -0.05) is 13.3 Å². The Bertz CT molecular complexity index is 299. The molecular formula is C10H14IN3. The summed E-state index contributed by atoms with van der Waals surface area (Å²) in [5, 5.41) is 3.39. The fraction of sp³-hybridized carbons (Fsp3) is 0.600. The van der Waals surface area contributed by atoms with Gasteiger partial charge in [0.15, 0.2) is 0 Å². The van der Waals surface area contributed by atoms with Crippen LogP contribution in [0.5, 0.6) is 0 Å². The van der Waals surface area contributed by atoms with Crippen molar-refractivity contribution >= 4 is 28.5 Å². The molecule has 3 nitrogen and oxygen atoms in total. The standard InChI is InChI=1S/C10H14IN3/c1-7-3-2-4-9(7)14-10-12-5-8(11)6-13-10/h5-7,9H,2-4H2,1H3,(H,12,13,14). The predicted molar refractivity (Wildman–Crippen MR) is 65.2 cm³/mol. The first-order valence-corrected chi connectivity index (χ1v) is 6.07. The summed E-state index contributed by atoms with van der Waals surface area (Å²) < 4.78 is 1.08. The largest absolute Gasteiger partial charge is 0.351 e. The molecule has 2 unspecified atom stereocenters. The molecule has 1 aliphatic carbocycles. The molecule has 1 heterocycles. The summed E-state index contributed by atoms with van der Waals surface area (Å²) in [6.45, 7) is 2.29. The van der Waals surface area contributed by atoms with Crippen LogP contribution in [0.4, 0.5) is 5.95 Å². The van der Waals surface area contributed by atoms with Crippen molar-refractivity contribution in [1.29, 1.82) is 0 Å². The lowest BCUT2D eigenvalue weighted by molar-refractivity contribution is 0.553. The maximum atomic E-state index is 4.25. The average molecular weight is 303 g/mol. The molecule has 1 N–H and O–H groups in total. The smallest absolute Gasteiger partial charge is 0.222 e. The van der Waals surface area contributed by atoms with Crippen LogP contribution in [0, 0.1) is 9.49 Å². The van der Waals surface area contributed by atoms with E-state index in [0.717, 1.165) is 15.4 Å². The normalized spacial score (nSPS) is 26.4. The monoisotopic (exact) mass is 303 g/mol. The van der Waals surface area contributed by atoms with Gasteiger partial charge in [-0.2, -0.15) is 0 Å². The molecule has 1 aliphatic rings. The summed E-state index contributed by atoms with van der Waals surface area (Å²) in [6, 6.07) is 0.565. The highest BCUT2D eigenvalue weighted by Crippen LogP contribution is 2.26. The minimum Gasteiger partial charge on any atom is -0.351 e. The first-order chi connectivity index (χ1) is 6.75. The van der Waals surface area contributed by atoms with Crippen molar-refractivity contribution in [1.82, 2.24) is 9.97 Å². The van der Waals surface area contributed by atoms with Crippen LogP contribution >= 0.6 is 22.6 Å². The molecule has 0 radical (unpaired) electrons. The van der Waals surface area contributed by atoms with E-state index in [9.17, 15) is 0 Å². The molecule has 0 aromatic carbocycles. The summed E-state index contributed by atoms with van der Waals surface area (Å²) in [5.74, 6) is 1.52. The topological polar surface area (TPSA) is 37.8 Å². The molecule has 1 aromatic heterocycles. The van der Waals surface area contributed by atoms with Gasteiger partial charge in [0.25, 0.3) is 0 Å². The van der Waals surface area contributed by atoms with Crippen LogP contribution < -0.4 is 5.32 Å². The molecule has 4 heteroatoms. The minimum absolute atomic E-state index is 0.565. The molecule has 1 saturated carbocycles. The van der Waals surface area contributed by atoms with E-state index in [1.54, 1.807) is 0 Å². The van der Waals surface area contributed by atoms with Crippen molar-refractivity contribution in [3.63, 3.8) is 0 Å². The van der Waals surface area contributed by atoms with E-state index >= 15 is 0 Å². The van der Waals surface area contributed by atoms with E-state index in [4.69, 9.17) is 0 Å². The molecule has 1 fully saturated rings. The molecule has 76 valence electrons. The number of aromatic nitrogens is 2. The molecular weight excluding hydrogens is 289 g/mol. The van der Waals surface area contributed by atoms with Crippen LogP contribution in [-0.2, 0) is 0 Å². The summed E-state index contributed by atoms with van der Waals surface area (Å²) in [6.07, 6.45) is 7.58. The maximum absolute atomic E-state index is 4.25. The Hall–Kier alpha value is -0.390. The number of nitrogens with one attached hydrogen (secondary N) is 1. The number of anilines is 1. The Morgan fingerprint density at radius 3 is 2.64 bits per heavy atom. The lowest BCUT2D eigenvalue weighted by Crippen LogP contribution is -2.23. The second-order valence-corrected chi connectivity index (χ2v) is 5.13. The SMILES string of the molecule is CC1CCCC1Nc1ncc(I)cn1. The van der Waals surface area contributed by atoms with Gasteiger partial charge in [-0.05, 0) is 41.4 Å². The van der Waals surface area contributed by atoms with Crippen LogP contribution in [-0.4, -0.2) is 16.0 Å². The Morgan fingerprint density at radius 2 is 2.07 bits per heavy atom. The van der Waals surface area contributed by atoms with Gasteiger partial charge in [0.1, 0.15) is 0 Å². The highest BCUT2D eigenvalue weighted by molar-refractivity contribution is 14.1. The fourth-order valence-electron chi connectivity index (χ4n) is 1.91. The summed E-state index contributed by atoms with van der Waals surface area (Å²) in [5.41, 5.74) is 0. The average Bonchev–Trinajstić information content (AvgIpc) is 2.56. The first-order valence-electron chi connectivity index (χ1n) is 5.00. The Morgan fingerprint density at radius 1 is 1.36 bits per heavy atom. The van der Waals surface area contributed by atoms with Gasteiger partial charge in [0, 0.05) is 22.0 Å². The van der Waals surface area contributed by atoms with Gasteiger partial charge in [-0.15, -0.1) is 0 Å². The van der Waals surface area contributed by atoms with Gasteiger partial charge >= 0.3 is 0 Å². The lowest BCUT2D eigenvalue weighted by atomic mass is 10.1. The zero-order valence-electron chi connectivity index (χ0n) is 8.20. The Balaban J connectivity index is 2.00. The summed E-state index contributed by atoms with van der Waals surface area (Å²) in [7, 11) is 0. The van der Waals surface area contributed by atoms with Gasteiger partial charge in [-0.3, -0.25) is 0 Å². The van der Waals surface area contributed by atoms with Gasteiger partial charge in [0.2, 0.25) is 5.95 Å². The number of halogens is 1. The van der Waals surface area contributed by atoms with Crippen LogP contribution in [0.2, 0.25) is 0 Å². The number of hydrogen-bond acceptors (Lipinski definition) is 3. The quantitative estimate of drug-likeness (QED) is 0.854. The van der Waals surface area contributed by atoms with Gasteiger partial charge in [-0.25, -0.2) is 9.97 Å². The molecule has 2 rings (SSSR count). The molecule has 1 aromatic rings.